The van der Waals surface area contributed by atoms with Crippen LogP contribution in [0.25, 0.3) is 0 Å². The van der Waals surface area contributed by atoms with Gasteiger partial charge in [-0.1, -0.05) is 36.4 Å². The smallest absolute Gasteiger partial charge is 0.428 e. The first-order valence-electron chi connectivity index (χ1n) is 12.3. The lowest BCUT2D eigenvalue weighted by Crippen LogP contribution is -2.51. The summed E-state index contributed by atoms with van der Waals surface area (Å²) in [6.45, 7) is 2.25. The lowest BCUT2D eigenvalue weighted by Gasteiger charge is -2.37. The van der Waals surface area contributed by atoms with Crippen molar-refractivity contribution in [1.29, 1.82) is 0 Å². The summed E-state index contributed by atoms with van der Waals surface area (Å²) in [5.74, 6) is -2.54. The first-order chi connectivity index (χ1) is 19.0. The molecule has 0 radical (unpaired) electrons. The van der Waals surface area contributed by atoms with Crippen LogP contribution in [0.3, 0.4) is 0 Å². The van der Waals surface area contributed by atoms with Gasteiger partial charge in [0, 0.05) is 37.7 Å². The zero-order chi connectivity index (χ0) is 28.9. The number of ether oxygens (including phenoxy) is 2. The molecule has 1 atom stereocenters. The highest BCUT2D eigenvalue weighted by atomic mass is 19.3. The summed E-state index contributed by atoms with van der Waals surface area (Å²) >= 11 is 0. The number of primary amides is 1. The Morgan fingerprint density at radius 3 is 2.35 bits per heavy atom. The number of alkyl halides is 4. The van der Waals surface area contributed by atoms with Crippen LogP contribution in [0.1, 0.15) is 22.3 Å². The average Bonchev–Trinajstić information content (AvgIpc) is 2.90. The van der Waals surface area contributed by atoms with Crippen molar-refractivity contribution in [3.63, 3.8) is 0 Å². The van der Waals surface area contributed by atoms with E-state index in [1.165, 1.54) is 18.2 Å². The molecule has 1 unspecified atom stereocenters. The van der Waals surface area contributed by atoms with Gasteiger partial charge in [-0.15, -0.1) is 0 Å². The third kappa shape index (κ3) is 6.86. The lowest BCUT2D eigenvalue weighted by molar-refractivity contribution is -0.253. The largest absolute Gasteiger partial charge is 0.461 e. The van der Waals surface area contributed by atoms with Crippen LogP contribution in [0.2, 0.25) is 0 Å². The first kappa shape index (κ1) is 29.2. The van der Waals surface area contributed by atoms with E-state index in [0.717, 1.165) is 12.1 Å². The van der Waals surface area contributed by atoms with Crippen molar-refractivity contribution in [3.05, 3.63) is 101 Å². The molecule has 0 saturated carbocycles. The zero-order valence-corrected chi connectivity index (χ0v) is 21.2. The van der Waals surface area contributed by atoms with E-state index in [4.69, 9.17) is 10.5 Å². The van der Waals surface area contributed by atoms with Gasteiger partial charge in [-0.3, -0.25) is 4.90 Å². The number of hydrogen-bond donors (Lipinski definition) is 2. The molecule has 1 fully saturated rings. The fourth-order valence-electron chi connectivity index (χ4n) is 4.70. The lowest BCUT2D eigenvalue weighted by atomic mass is 9.77. The topological polar surface area (TPSA) is 76.8 Å². The molecule has 0 aliphatic carbocycles. The minimum absolute atomic E-state index is 0.0897. The molecular weight excluding hydrogens is 540 g/mol. The van der Waals surface area contributed by atoms with Crippen LogP contribution in [0.15, 0.2) is 66.7 Å². The maximum atomic E-state index is 15.0. The number of amides is 2. The van der Waals surface area contributed by atoms with Crippen molar-refractivity contribution < 1.29 is 40.6 Å². The Labute approximate surface area is 226 Å². The number of nitrogens with two attached hydrogens (primary N) is 1. The van der Waals surface area contributed by atoms with Crippen LogP contribution in [0.5, 0.6) is 5.75 Å². The third-order valence-corrected chi connectivity index (χ3v) is 6.56. The van der Waals surface area contributed by atoms with E-state index < -0.39 is 41.5 Å². The zero-order valence-electron chi connectivity index (χ0n) is 21.2. The van der Waals surface area contributed by atoms with Crippen molar-refractivity contribution in [1.82, 2.24) is 10.2 Å². The summed E-state index contributed by atoms with van der Waals surface area (Å²) in [6, 6.07) is 13.9. The molecule has 1 heterocycles. The van der Waals surface area contributed by atoms with Gasteiger partial charge in [0.2, 0.25) is 0 Å². The summed E-state index contributed by atoms with van der Waals surface area (Å²) in [4.78, 5) is 14.3. The SMILES string of the molecule is NC(=O)NC(Cc1ccccc1)(c1cc(F)cc(OC(F)(F)C(F)F)c1)c1ccc(F)c(CN2CCOCC2)c1. The van der Waals surface area contributed by atoms with E-state index in [0.29, 0.717) is 37.9 Å². The molecule has 214 valence electrons. The van der Waals surface area contributed by atoms with E-state index in [2.05, 4.69) is 10.1 Å². The molecular formula is C28H27F6N3O3. The Morgan fingerprint density at radius 2 is 1.70 bits per heavy atom. The minimum Gasteiger partial charge on any atom is -0.428 e. The second-order valence-corrected chi connectivity index (χ2v) is 9.39. The van der Waals surface area contributed by atoms with Crippen molar-refractivity contribution >= 4 is 6.03 Å². The second-order valence-electron chi connectivity index (χ2n) is 9.39. The van der Waals surface area contributed by atoms with Gasteiger partial charge in [0.1, 0.15) is 17.4 Å². The van der Waals surface area contributed by atoms with E-state index in [1.807, 2.05) is 4.90 Å². The summed E-state index contributed by atoms with van der Waals surface area (Å²) < 4.78 is 92.5. The van der Waals surface area contributed by atoms with Gasteiger partial charge in [-0.25, -0.2) is 13.6 Å². The average molecular weight is 568 g/mol. The predicted octanol–water partition coefficient (Wildman–Crippen LogP) is 5.19. The molecule has 2 amide bonds. The van der Waals surface area contributed by atoms with E-state index in [9.17, 15) is 31.1 Å². The molecule has 0 bridgehead atoms. The fourth-order valence-corrected chi connectivity index (χ4v) is 4.70. The highest BCUT2D eigenvalue weighted by Gasteiger charge is 2.45. The predicted molar refractivity (Wildman–Crippen MR) is 134 cm³/mol. The number of nitrogens with one attached hydrogen (secondary N) is 1. The molecule has 0 spiro atoms. The molecule has 1 aliphatic rings. The van der Waals surface area contributed by atoms with Gasteiger partial charge in [0.05, 0.1) is 18.8 Å². The maximum absolute atomic E-state index is 15.0. The third-order valence-electron chi connectivity index (χ3n) is 6.56. The molecule has 40 heavy (non-hydrogen) atoms. The van der Waals surface area contributed by atoms with Crippen molar-refractivity contribution in [2.75, 3.05) is 26.3 Å². The van der Waals surface area contributed by atoms with Crippen LogP contribution >= 0.6 is 0 Å². The first-order valence-corrected chi connectivity index (χ1v) is 12.3. The number of benzene rings is 3. The second kappa shape index (κ2) is 12.2. The number of carbonyl (C=O) groups is 1. The Kier molecular flexibility index (Phi) is 8.89. The number of urea groups is 1. The molecule has 3 aromatic carbocycles. The molecule has 12 heteroatoms. The number of morpholine rings is 1. The van der Waals surface area contributed by atoms with Crippen molar-refractivity contribution in [2.24, 2.45) is 5.73 Å². The summed E-state index contributed by atoms with van der Waals surface area (Å²) in [6.07, 6.45) is -9.18. The Bertz CT molecular complexity index is 1320. The van der Waals surface area contributed by atoms with E-state index in [1.54, 1.807) is 30.3 Å². The van der Waals surface area contributed by atoms with Gasteiger partial charge >= 0.3 is 18.6 Å². The van der Waals surface area contributed by atoms with Crippen LogP contribution in [0.4, 0.5) is 31.1 Å². The van der Waals surface area contributed by atoms with Gasteiger partial charge < -0.3 is 20.5 Å². The number of rotatable bonds is 10. The molecule has 3 aromatic rings. The molecule has 1 aliphatic heterocycles. The van der Waals surface area contributed by atoms with Crippen LogP contribution in [0, 0.1) is 11.6 Å². The van der Waals surface area contributed by atoms with E-state index in [-0.39, 0.29) is 29.7 Å². The van der Waals surface area contributed by atoms with E-state index >= 15 is 0 Å². The molecule has 1 saturated heterocycles. The minimum atomic E-state index is -4.91. The maximum Gasteiger partial charge on any atom is 0.461 e. The van der Waals surface area contributed by atoms with Crippen molar-refractivity contribution in [3.8, 4) is 5.75 Å². The molecule has 3 N–H and O–H groups in total. The van der Waals surface area contributed by atoms with Gasteiger partial charge in [0.15, 0.2) is 0 Å². The molecule has 6 nitrogen and oxygen atoms in total. The summed E-state index contributed by atoms with van der Waals surface area (Å²) in [5.41, 5.74) is 4.77. The van der Waals surface area contributed by atoms with Crippen LogP contribution in [-0.4, -0.2) is 49.8 Å². The highest BCUT2D eigenvalue weighted by Crippen LogP contribution is 2.38. The van der Waals surface area contributed by atoms with Gasteiger partial charge in [-0.05, 0) is 41.0 Å². The van der Waals surface area contributed by atoms with Crippen molar-refractivity contribution in [2.45, 2.75) is 31.0 Å². The van der Waals surface area contributed by atoms with Gasteiger partial charge in [0.25, 0.3) is 0 Å². The summed E-state index contributed by atoms with van der Waals surface area (Å²) in [7, 11) is 0. The monoisotopic (exact) mass is 567 g/mol. The number of halogens is 6. The number of hydrogen-bond acceptors (Lipinski definition) is 4. The molecule has 0 aromatic heterocycles. The Hall–Kier alpha value is -3.77. The quantitative estimate of drug-likeness (QED) is 0.331. The molecule has 4 rings (SSSR count). The Balaban J connectivity index is 1.89. The number of nitrogens with zero attached hydrogens (tertiary/aromatic N) is 1. The number of carbonyl (C=O) groups excluding carboxylic acids is 1. The normalized spacial score (nSPS) is 16.0. The van der Waals surface area contributed by atoms with Crippen LogP contribution in [-0.2, 0) is 23.2 Å². The highest BCUT2D eigenvalue weighted by molar-refractivity contribution is 5.74. The fraction of sp³-hybridized carbons (Fsp3) is 0.321. The summed E-state index contributed by atoms with van der Waals surface area (Å²) in [5, 5.41) is 2.59. The van der Waals surface area contributed by atoms with Crippen LogP contribution < -0.4 is 15.8 Å². The standard InChI is InChI=1S/C28H27F6N3O3/c29-22-13-21(14-23(15-22)40-28(33,34)25(31)32)27(36-26(35)38,16-18-4-2-1-3-5-18)20-6-7-24(30)19(12-20)17-37-8-10-39-11-9-37/h1-7,12-15,25H,8-11,16-17H2,(H3,35,36,38). The Morgan fingerprint density at radius 1 is 1.00 bits per heavy atom. The van der Waals surface area contributed by atoms with Gasteiger partial charge in [-0.2, -0.15) is 17.6 Å².